The van der Waals surface area contributed by atoms with Gasteiger partial charge >= 0.3 is 0 Å². The highest BCUT2D eigenvalue weighted by atomic mass is 32.2. The molecule has 0 aromatic rings. The van der Waals surface area contributed by atoms with Crippen molar-refractivity contribution in [3.63, 3.8) is 0 Å². The molecule has 1 rings (SSSR count). The second kappa shape index (κ2) is 4.99. The predicted molar refractivity (Wildman–Crippen MR) is 44.5 cm³/mol. The van der Waals surface area contributed by atoms with Gasteiger partial charge in [-0.1, -0.05) is 0 Å². The molecule has 1 aliphatic rings. The number of hydrogen-bond acceptors (Lipinski definition) is 3. The van der Waals surface area contributed by atoms with Crippen LogP contribution in [-0.2, 0) is 0 Å². The quantitative estimate of drug-likeness (QED) is 0.615. The summed E-state index contributed by atoms with van der Waals surface area (Å²) in [6, 6.07) is 0. The molecule has 10 heavy (non-hydrogen) atoms. The Bertz CT molecular complexity index is 83.7. The van der Waals surface area contributed by atoms with E-state index in [1.807, 2.05) is 11.8 Å². The minimum Gasteiger partial charge on any atom is -0.317 e. The van der Waals surface area contributed by atoms with Gasteiger partial charge in [-0.25, -0.2) is 5.48 Å². The van der Waals surface area contributed by atoms with Crippen molar-refractivity contribution in [3.8, 4) is 0 Å². The first-order valence-corrected chi connectivity index (χ1v) is 5.03. The molecule has 0 unspecified atom stereocenters. The zero-order chi connectivity index (χ0) is 7.23. The first-order valence-electron chi connectivity index (χ1n) is 3.88. The van der Waals surface area contributed by atoms with Gasteiger partial charge in [-0.2, -0.15) is 11.8 Å². The maximum Gasteiger partial charge on any atom is 0.0210 e. The summed E-state index contributed by atoms with van der Waals surface area (Å²) in [4.78, 5) is 0. The maximum atomic E-state index is 8.34. The zero-order valence-electron chi connectivity index (χ0n) is 6.18. The highest BCUT2D eigenvalue weighted by Crippen LogP contribution is 2.24. The molecule has 0 atom stereocenters. The lowest BCUT2D eigenvalue weighted by molar-refractivity contribution is 0.158. The molecule has 0 aromatic heterocycles. The van der Waals surface area contributed by atoms with Crippen LogP contribution >= 0.6 is 11.8 Å². The molecule has 3 heteroatoms. The van der Waals surface area contributed by atoms with Crippen molar-refractivity contribution >= 4 is 11.8 Å². The fourth-order valence-corrected chi connectivity index (χ4v) is 2.51. The van der Waals surface area contributed by atoms with E-state index in [0.29, 0.717) is 0 Å². The topological polar surface area (TPSA) is 32.3 Å². The lowest BCUT2D eigenvalue weighted by atomic mass is 9.99. The molecule has 0 spiro atoms. The summed E-state index contributed by atoms with van der Waals surface area (Å²) < 4.78 is 0. The van der Waals surface area contributed by atoms with Crippen molar-refractivity contribution in [3.05, 3.63) is 0 Å². The molecule has 1 aliphatic heterocycles. The van der Waals surface area contributed by atoms with Gasteiger partial charge in [0.15, 0.2) is 0 Å². The van der Waals surface area contributed by atoms with E-state index >= 15 is 0 Å². The van der Waals surface area contributed by atoms with Gasteiger partial charge in [-0.05, 0) is 36.7 Å². The van der Waals surface area contributed by atoms with Crippen molar-refractivity contribution in [2.45, 2.75) is 19.3 Å². The SMILES string of the molecule is ONCCC1CCSCC1. The fraction of sp³-hybridized carbons (Fsp3) is 1.00. The summed E-state index contributed by atoms with van der Waals surface area (Å²) in [6.45, 7) is 0.759. The minimum absolute atomic E-state index is 0.759. The van der Waals surface area contributed by atoms with Crippen LogP contribution in [0.25, 0.3) is 0 Å². The Kier molecular flexibility index (Phi) is 4.18. The number of rotatable bonds is 3. The van der Waals surface area contributed by atoms with Crippen LogP contribution in [0.15, 0.2) is 0 Å². The first kappa shape index (κ1) is 8.37. The summed E-state index contributed by atoms with van der Waals surface area (Å²) in [5.74, 6) is 3.49. The Hall–Kier alpha value is 0.270. The summed E-state index contributed by atoms with van der Waals surface area (Å²) in [5, 5.41) is 8.34. The molecule has 2 nitrogen and oxygen atoms in total. The highest BCUT2D eigenvalue weighted by molar-refractivity contribution is 7.99. The Labute approximate surface area is 66.3 Å². The third-order valence-corrected chi connectivity index (χ3v) is 3.05. The van der Waals surface area contributed by atoms with E-state index in [9.17, 15) is 0 Å². The van der Waals surface area contributed by atoms with E-state index in [1.54, 1.807) is 0 Å². The van der Waals surface area contributed by atoms with Gasteiger partial charge in [0.05, 0.1) is 0 Å². The van der Waals surface area contributed by atoms with Crippen LogP contribution < -0.4 is 5.48 Å². The summed E-state index contributed by atoms with van der Waals surface area (Å²) >= 11 is 2.05. The normalized spacial score (nSPS) is 21.3. The molecule has 1 fully saturated rings. The second-order valence-electron chi connectivity index (χ2n) is 2.75. The largest absolute Gasteiger partial charge is 0.317 e. The first-order chi connectivity index (χ1) is 4.93. The molecule has 0 aliphatic carbocycles. The number of thioether (sulfide) groups is 1. The van der Waals surface area contributed by atoms with E-state index in [1.165, 1.54) is 24.3 Å². The molecular formula is C7H15NOS. The van der Waals surface area contributed by atoms with Gasteiger partial charge in [0.25, 0.3) is 0 Å². The lowest BCUT2D eigenvalue weighted by Gasteiger charge is -2.20. The van der Waals surface area contributed by atoms with Gasteiger partial charge in [-0.3, -0.25) is 0 Å². The van der Waals surface area contributed by atoms with E-state index in [2.05, 4.69) is 5.48 Å². The number of nitrogens with one attached hydrogen (secondary N) is 1. The summed E-state index contributed by atoms with van der Waals surface area (Å²) in [7, 11) is 0. The Morgan fingerprint density at radius 2 is 2.10 bits per heavy atom. The van der Waals surface area contributed by atoms with Gasteiger partial charge in [0, 0.05) is 6.54 Å². The van der Waals surface area contributed by atoms with Gasteiger partial charge in [0.2, 0.25) is 0 Å². The van der Waals surface area contributed by atoms with E-state index in [-0.39, 0.29) is 0 Å². The smallest absolute Gasteiger partial charge is 0.0210 e. The molecule has 0 saturated carbocycles. The molecule has 0 aromatic carbocycles. The number of hydrogen-bond donors (Lipinski definition) is 2. The van der Waals surface area contributed by atoms with E-state index in [4.69, 9.17) is 5.21 Å². The van der Waals surface area contributed by atoms with Crippen LogP contribution in [0.5, 0.6) is 0 Å². The Balaban J connectivity index is 2.02. The predicted octanol–water partition coefficient (Wildman–Crippen LogP) is 1.50. The molecule has 0 amide bonds. The van der Waals surface area contributed by atoms with Crippen LogP contribution in [0.1, 0.15) is 19.3 Å². The van der Waals surface area contributed by atoms with Crippen LogP contribution in [0, 0.1) is 5.92 Å². The standard InChI is InChI=1S/C7H15NOS/c9-8-4-1-7-2-5-10-6-3-7/h7-9H,1-6H2. The molecule has 1 saturated heterocycles. The van der Waals surface area contributed by atoms with E-state index in [0.717, 1.165) is 18.9 Å². The monoisotopic (exact) mass is 161 g/mol. The molecule has 0 bridgehead atoms. The van der Waals surface area contributed by atoms with Crippen LogP contribution in [0.2, 0.25) is 0 Å². The van der Waals surface area contributed by atoms with Crippen LogP contribution in [-0.4, -0.2) is 23.3 Å². The van der Waals surface area contributed by atoms with Crippen LogP contribution in [0.4, 0.5) is 0 Å². The van der Waals surface area contributed by atoms with Crippen molar-refractivity contribution in [1.82, 2.24) is 5.48 Å². The average Bonchev–Trinajstić information content (AvgIpc) is 2.03. The maximum absolute atomic E-state index is 8.34. The van der Waals surface area contributed by atoms with Gasteiger partial charge in [0.1, 0.15) is 0 Å². The van der Waals surface area contributed by atoms with Crippen molar-refractivity contribution in [2.75, 3.05) is 18.1 Å². The molecule has 0 radical (unpaired) electrons. The Morgan fingerprint density at radius 1 is 1.40 bits per heavy atom. The van der Waals surface area contributed by atoms with Crippen molar-refractivity contribution < 1.29 is 5.21 Å². The van der Waals surface area contributed by atoms with Gasteiger partial charge in [-0.15, -0.1) is 0 Å². The van der Waals surface area contributed by atoms with Gasteiger partial charge < -0.3 is 5.21 Å². The number of hydroxylamine groups is 1. The molecule has 1 heterocycles. The zero-order valence-corrected chi connectivity index (χ0v) is 6.99. The molecular weight excluding hydrogens is 146 g/mol. The average molecular weight is 161 g/mol. The van der Waals surface area contributed by atoms with Crippen molar-refractivity contribution in [2.24, 2.45) is 5.92 Å². The minimum atomic E-state index is 0.759. The highest BCUT2D eigenvalue weighted by Gasteiger charge is 2.12. The molecule has 60 valence electrons. The summed E-state index contributed by atoms with van der Waals surface area (Å²) in [5.41, 5.74) is 2.21. The second-order valence-corrected chi connectivity index (χ2v) is 3.98. The van der Waals surface area contributed by atoms with Crippen LogP contribution in [0.3, 0.4) is 0 Å². The Morgan fingerprint density at radius 3 is 2.70 bits per heavy atom. The molecule has 2 N–H and O–H groups in total. The van der Waals surface area contributed by atoms with E-state index < -0.39 is 0 Å². The third-order valence-electron chi connectivity index (χ3n) is 2.01. The summed E-state index contributed by atoms with van der Waals surface area (Å²) in [6.07, 6.45) is 3.82. The lowest BCUT2D eigenvalue weighted by Crippen LogP contribution is -2.17. The van der Waals surface area contributed by atoms with Crippen molar-refractivity contribution in [1.29, 1.82) is 0 Å². The third kappa shape index (κ3) is 2.90. The fourth-order valence-electron chi connectivity index (χ4n) is 1.30.